The molecule has 0 saturated carbocycles. The van der Waals surface area contributed by atoms with Crippen LogP contribution in [0.2, 0.25) is 5.15 Å². The first-order valence-electron chi connectivity index (χ1n) is 6.86. The fourth-order valence-electron chi connectivity index (χ4n) is 3.29. The van der Waals surface area contributed by atoms with Crippen molar-refractivity contribution in [2.75, 3.05) is 19.6 Å². The minimum atomic E-state index is -0.0228. The Labute approximate surface area is 121 Å². The number of pyridine rings is 1. The summed E-state index contributed by atoms with van der Waals surface area (Å²) in [5.41, 5.74) is 1.33. The lowest BCUT2D eigenvalue weighted by Gasteiger charge is -2.23. The van der Waals surface area contributed by atoms with Crippen molar-refractivity contribution in [1.29, 1.82) is 0 Å². The van der Waals surface area contributed by atoms with Crippen LogP contribution < -0.4 is 5.32 Å². The maximum atomic E-state index is 12.3. The number of carbonyl (C=O) groups is 1. The molecule has 2 aromatic rings. The largest absolute Gasteiger partial charge is 0.348 e. The van der Waals surface area contributed by atoms with Gasteiger partial charge in [-0.1, -0.05) is 11.6 Å². The summed E-state index contributed by atoms with van der Waals surface area (Å²) in [6, 6.07) is 3.86. The van der Waals surface area contributed by atoms with Gasteiger partial charge in [0, 0.05) is 37.1 Å². The Morgan fingerprint density at radius 2 is 2.35 bits per heavy atom. The van der Waals surface area contributed by atoms with Gasteiger partial charge in [0.15, 0.2) is 0 Å². The molecular weight excluding hydrogens is 276 g/mol. The van der Waals surface area contributed by atoms with E-state index in [2.05, 4.69) is 15.2 Å². The molecular formula is C14H15ClN4O. The van der Waals surface area contributed by atoms with Crippen LogP contribution in [0.15, 0.2) is 24.5 Å². The van der Waals surface area contributed by atoms with Crippen molar-refractivity contribution >= 4 is 23.2 Å². The Morgan fingerprint density at radius 3 is 3.10 bits per heavy atom. The number of hydrogen-bond donors (Lipinski definition) is 1. The number of fused-ring (bicyclic) bond motifs is 3. The van der Waals surface area contributed by atoms with Gasteiger partial charge in [0.05, 0.1) is 0 Å². The summed E-state index contributed by atoms with van der Waals surface area (Å²) < 4.78 is 1.81. The van der Waals surface area contributed by atoms with E-state index in [0.717, 1.165) is 13.1 Å². The highest BCUT2D eigenvalue weighted by atomic mass is 35.5. The van der Waals surface area contributed by atoms with Crippen LogP contribution in [0.4, 0.5) is 0 Å². The molecule has 2 saturated heterocycles. The highest BCUT2D eigenvalue weighted by Gasteiger charge is 2.38. The van der Waals surface area contributed by atoms with Gasteiger partial charge < -0.3 is 14.6 Å². The van der Waals surface area contributed by atoms with Gasteiger partial charge in [-0.25, -0.2) is 4.98 Å². The maximum absolute atomic E-state index is 12.3. The first-order chi connectivity index (χ1) is 9.69. The second-order valence-electron chi connectivity index (χ2n) is 5.63. The van der Waals surface area contributed by atoms with Gasteiger partial charge in [-0.2, -0.15) is 0 Å². The van der Waals surface area contributed by atoms with Gasteiger partial charge in [-0.15, -0.1) is 0 Å². The third kappa shape index (κ3) is 1.98. The fourth-order valence-corrected chi connectivity index (χ4v) is 3.48. The predicted molar refractivity (Wildman–Crippen MR) is 76.0 cm³/mol. The molecule has 2 unspecified atom stereocenters. The van der Waals surface area contributed by atoms with E-state index in [9.17, 15) is 4.79 Å². The first kappa shape index (κ1) is 12.2. The van der Waals surface area contributed by atoms with Crippen molar-refractivity contribution < 1.29 is 4.79 Å². The Hall–Kier alpha value is -1.59. The Balaban J connectivity index is 1.54. The highest BCUT2D eigenvalue weighted by molar-refractivity contribution is 6.29. The number of aromatic nitrogens is 2. The zero-order valence-electron chi connectivity index (χ0n) is 10.9. The van der Waals surface area contributed by atoms with Crippen LogP contribution >= 0.6 is 11.6 Å². The molecule has 5 nitrogen and oxygen atoms in total. The van der Waals surface area contributed by atoms with Gasteiger partial charge in [0.1, 0.15) is 10.8 Å². The molecule has 0 radical (unpaired) electrons. The average molecular weight is 291 g/mol. The number of rotatable bonds is 2. The molecule has 0 aliphatic carbocycles. The van der Waals surface area contributed by atoms with E-state index in [1.54, 1.807) is 18.3 Å². The fraction of sp³-hybridized carbons (Fsp3) is 0.429. The lowest BCUT2D eigenvalue weighted by atomic mass is 10.00. The van der Waals surface area contributed by atoms with Crippen LogP contribution in [0.25, 0.3) is 5.65 Å². The van der Waals surface area contributed by atoms with E-state index in [0.29, 0.717) is 22.3 Å². The second-order valence-corrected chi connectivity index (χ2v) is 6.02. The summed E-state index contributed by atoms with van der Waals surface area (Å²) in [6.45, 7) is 3.28. The van der Waals surface area contributed by atoms with Gasteiger partial charge in [0.25, 0.3) is 5.91 Å². The standard InChI is InChI=1S/C14H15ClN4O/c15-12-8-19-4-2-9(5-13(19)17-12)14(20)16-11-7-18-3-1-10(11)6-18/h2,4-5,8,10-11H,1,3,6-7H2,(H,16,20)/t10-,11?/m0/s1. The number of nitrogens with zero attached hydrogens (tertiary/aromatic N) is 3. The molecule has 3 atom stereocenters. The average Bonchev–Trinajstić information content (AvgIpc) is 3.10. The number of hydrogen-bond acceptors (Lipinski definition) is 3. The van der Waals surface area contributed by atoms with Crippen LogP contribution in [0.3, 0.4) is 0 Å². The lowest BCUT2D eigenvalue weighted by molar-refractivity contribution is 0.0924. The van der Waals surface area contributed by atoms with Crippen LogP contribution in [0.5, 0.6) is 0 Å². The van der Waals surface area contributed by atoms with E-state index in [4.69, 9.17) is 11.6 Å². The van der Waals surface area contributed by atoms with Gasteiger partial charge >= 0.3 is 0 Å². The molecule has 2 bridgehead atoms. The number of halogens is 1. The zero-order chi connectivity index (χ0) is 13.7. The van der Waals surface area contributed by atoms with Gasteiger partial charge in [-0.05, 0) is 31.0 Å². The molecule has 2 aromatic heterocycles. The number of amides is 1. The topological polar surface area (TPSA) is 49.6 Å². The smallest absolute Gasteiger partial charge is 0.251 e. The van der Waals surface area contributed by atoms with Crippen LogP contribution in [-0.2, 0) is 0 Å². The molecule has 0 spiro atoms. The molecule has 6 heteroatoms. The van der Waals surface area contributed by atoms with Gasteiger partial charge in [0.2, 0.25) is 0 Å². The maximum Gasteiger partial charge on any atom is 0.251 e. The normalized spacial score (nSPS) is 28.1. The van der Waals surface area contributed by atoms with E-state index in [1.807, 2.05) is 10.6 Å². The van der Waals surface area contributed by atoms with E-state index >= 15 is 0 Å². The third-order valence-electron chi connectivity index (χ3n) is 4.34. The molecule has 2 aliphatic heterocycles. The van der Waals surface area contributed by atoms with Crippen LogP contribution in [0, 0.1) is 5.92 Å². The molecule has 4 rings (SSSR count). The minimum Gasteiger partial charge on any atom is -0.348 e. The Kier molecular flexibility index (Phi) is 2.72. The van der Waals surface area contributed by atoms with Crippen molar-refractivity contribution in [3.63, 3.8) is 0 Å². The quantitative estimate of drug-likeness (QED) is 0.910. The summed E-state index contributed by atoms with van der Waals surface area (Å²) >= 11 is 5.86. The van der Waals surface area contributed by atoms with Gasteiger partial charge in [-0.3, -0.25) is 4.79 Å². The summed E-state index contributed by atoms with van der Waals surface area (Å²) in [6.07, 6.45) is 4.73. The first-order valence-corrected chi connectivity index (χ1v) is 7.24. The summed E-state index contributed by atoms with van der Waals surface area (Å²) in [5.74, 6) is 0.592. The summed E-state index contributed by atoms with van der Waals surface area (Å²) in [4.78, 5) is 18.9. The SMILES string of the molecule is O=C(NC1CN2CC[C@H]1C2)c1ccn2cc(Cl)nc2c1. The summed E-state index contributed by atoms with van der Waals surface area (Å²) in [7, 11) is 0. The zero-order valence-corrected chi connectivity index (χ0v) is 11.7. The lowest BCUT2D eigenvalue weighted by Crippen LogP contribution is -2.43. The second kappa shape index (κ2) is 4.46. The van der Waals surface area contributed by atoms with Crippen molar-refractivity contribution in [3.05, 3.63) is 35.2 Å². The molecule has 0 aromatic carbocycles. The third-order valence-corrected chi connectivity index (χ3v) is 4.52. The van der Waals surface area contributed by atoms with Crippen molar-refractivity contribution in [1.82, 2.24) is 19.6 Å². The predicted octanol–water partition coefficient (Wildman–Crippen LogP) is 1.42. The molecule has 1 N–H and O–H groups in total. The minimum absolute atomic E-state index is 0.0228. The Morgan fingerprint density at radius 1 is 1.45 bits per heavy atom. The molecule has 2 aliphatic rings. The van der Waals surface area contributed by atoms with Crippen LogP contribution in [0.1, 0.15) is 16.8 Å². The summed E-state index contributed by atoms with van der Waals surface area (Å²) in [5, 5.41) is 3.58. The van der Waals surface area contributed by atoms with E-state index in [1.165, 1.54) is 13.0 Å². The molecule has 1 amide bonds. The molecule has 104 valence electrons. The number of nitrogens with one attached hydrogen (secondary N) is 1. The van der Waals surface area contributed by atoms with Crippen molar-refractivity contribution in [2.24, 2.45) is 5.92 Å². The molecule has 2 fully saturated rings. The van der Waals surface area contributed by atoms with E-state index < -0.39 is 0 Å². The molecule has 4 heterocycles. The number of imidazole rings is 1. The monoisotopic (exact) mass is 290 g/mol. The number of carbonyl (C=O) groups excluding carboxylic acids is 1. The van der Waals surface area contributed by atoms with Crippen LogP contribution in [-0.4, -0.2) is 45.9 Å². The molecule has 20 heavy (non-hydrogen) atoms. The van der Waals surface area contributed by atoms with Crippen molar-refractivity contribution in [3.8, 4) is 0 Å². The number of piperidine rings is 1. The highest BCUT2D eigenvalue weighted by Crippen LogP contribution is 2.27. The van der Waals surface area contributed by atoms with E-state index in [-0.39, 0.29) is 11.9 Å². The van der Waals surface area contributed by atoms with Crippen molar-refractivity contribution in [2.45, 2.75) is 12.5 Å². The Bertz CT molecular complexity index is 683.